The summed E-state index contributed by atoms with van der Waals surface area (Å²) < 4.78 is 5.62. The van der Waals surface area contributed by atoms with Crippen molar-refractivity contribution in [1.82, 2.24) is 20.3 Å². The largest absolute Gasteiger partial charge is 0.494 e. The lowest BCUT2D eigenvalue weighted by Crippen LogP contribution is -2.32. The van der Waals surface area contributed by atoms with Crippen LogP contribution < -0.4 is 15.0 Å². The second-order valence-electron chi connectivity index (χ2n) is 7.52. The molecule has 1 unspecified atom stereocenters. The molecule has 1 atom stereocenters. The Balaban J connectivity index is 1.39. The molecule has 29 heavy (non-hydrogen) atoms. The maximum absolute atomic E-state index is 5.62. The second kappa shape index (κ2) is 9.50. The highest BCUT2D eigenvalue weighted by atomic mass is 32.1. The first-order valence-corrected chi connectivity index (χ1v) is 11.4. The predicted molar refractivity (Wildman–Crippen MR) is 119 cm³/mol. The molecule has 0 saturated carbocycles. The molecule has 1 fully saturated rings. The van der Waals surface area contributed by atoms with Crippen molar-refractivity contribution >= 4 is 28.2 Å². The minimum atomic E-state index is 0.550. The summed E-state index contributed by atoms with van der Waals surface area (Å²) in [4.78, 5) is 16.4. The van der Waals surface area contributed by atoms with Gasteiger partial charge in [-0.15, -0.1) is 11.3 Å². The lowest BCUT2D eigenvalue weighted by atomic mass is 10.1. The number of anilines is 1. The first-order valence-electron chi connectivity index (χ1n) is 10.5. The molecule has 1 saturated heterocycles. The Morgan fingerprint density at radius 3 is 3.00 bits per heavy atom. The number of nitrogens with zero attached hydrogens (tertiary/aromatic N) is 4. The van der Waals surface area contributed by atoms with E-state index in [0.717, 1.165) is 67.2 Å². The van der Waals surface area contributed by atoms with E-state index in [0.29, 0.717) is 12.6 Å². The fourth-order valence-corrected chi connectivity index (χ4v) is 4.50. The molecule has 1 N–H and O–H groups in total. The molecular weight excluding hydrogens is 382 g/mol. The first-order chi connectivity index (χ1) is 14.2. The fraction of sp³-hybridized carbons (Fsp3) is 0.500. The van der Waals surface area contributed by atoms with Gasteiger partial charge in [0.05, 0.1) is 29.0 Å². The molecule has 0 bridgehead atoms. The number of ether oxygens (including phenoxy) is 1. The quantitative estimate of drug-likeness (QED) is 0.634. The molecule has 0 spiro atoms. The van der Waals surface area contributed by atoms with Gasteiger partial charge in [0.25, 0.3) is 0 Å². The molecule has 1 aliphatic heterocycles. The maximum Gasteiger partial charge on any atom is 0.226 e. The van der Waals surface area contributed by atoms with Crippen molar-refractivity contribution in [2.75, 3.05) is 31.1 Å². The number of hydrogen-bond acceptors (Lipinski definition) is 7. The molecule has 4 rings (SSSR count). The monoisotopic (exact) mass is 411 g/mol. The van der Waals surface area contributed by atoms with Gasteiger partial charge in [0.15, 0.2) is 0 Å². The maximum atomic E-state index is 5.62. The van der Waals surface area contributed by atoms with E-state index in [2.05, 4.69) is 27.5 Å². The number of thiazole rings is 1. The Kier molecular flexibility index (Phi) is 6.56. The van der Waals surface area contributed by atoms with Crippen molar-refractivity contribution in [1.29, 1.82) is 0 Å². The summed E-state index contributed by atoms with van der Waals surface area (Å²) in [6.45, 7) is 7.70. The third kappa shape index (κ3) is 5.03. The molecule has 1 aromatic carbocycles. The molecule has 2 aromatic heterocycles. The molecule has 1 aliphatic rings. The zero-order chi connectivity index (χ0) is 20.1. The number of aromatic nitrogens is 3. The average molecular weight is 412 g/mol. The van der Waals surface area contributed by atoms with Crippen LogP contribution in [-0.2, 0) is 6.42 Å². The van der Waals surface area contributed by atoms with Gasteiger partial charge in [0.2, 0.25) is 5.95 Å². The van der Waals surface area contributed by atoms with Gasteiger partial charge < -0.3 is 15.0 Å². The number of nitrogens with one attached hydrogen (secondary N) is 1. The van der Waals surface area contributed by atoms with E-state index in [1.54, 1.807) is 11.3 Å². The first kappa shape index (κ1) is 20.0. The smallest absolute Gasteiger partial charge is 0.226 e. The van der Waals surface area contributed by atoms with Gasteiger partial charge in [0, 0.05) is 42.9 Å². The zero-order valence-electron chi connectivity index (χ0n) is 17.2. The summed E-state index contributed by atoms with van der Waals surface area (Å²) in [7, 11) is 0. The number of rotatable bonds is 7. The van der Waals surface area contributed by atoms with Crippen LogP contribution in [-0.4, -0.2) is 47.2 Å². The summed E-state index contributed by atoms with van der Waals surface area (Å²) in [5.41, 5.74) is 5.08. The molecular formula is C22H29N5OS. The third-order valence-corrected chi connectivity index (χ3v) is 6.10. The van der Waals surface area contributed by atoms with Crippen LogP contribution in [0.25, 0.3) is 10.9 Å². The summed E-state index contributed by atoms with van der Waals surface area (Å²) in [6.07, 6.45) is 4.46. The Bertz CT molecular complexity index is 930. The van der Waals surface area contributed by atoms with Crippen molar-refractivity contribution in [3.05, 3.63) is 40.5 Å². The van der Waals surface area contributed by atoms with Crippen LogP contribution >= 0.6 is 11.3 Å². The number of aryl methyl sites for hydroxylation is 1. The summed E-state index contributed by atoms with van der Waals surface area (Å²) >= 11 is 1.67. The molecule has 7 heteroatoms. The van der Waals surface area contributed by atoms with Crippen LogP contribution in [0.4, 0.5) is 5.95 Å². The van der Waals surface area contributed by atoms with Crippen LogP contribution in [0.5, 0.6) is 5.75 Å². The lowest BCUT2D eigenvalue weighted by molar-refractivity contribution is 0.340. The van der Waals surface area contributed by atoms with Gasteiger partial charge in [-0.1, -0.05) is 0 Å². The SMILES string of the molecule is CCOc1ccc2nc(N3CCCC(NCCc4cscn4)CC3)nc(C)c2c1. The van der Waals surface area contributed by atoms with Crippen molar-refractivity contribution in [2.45, 2.75) is 45.6 Å². The van der Waals surface area contributed by atoms with Crippen LogP contribution in [0.2, 0.25) is 0 Å². The highest BCUT2D eigenvalue weighted by molar-refractivity contribution is 7.07. The Morgan fingerprint density at radius 2 is 2.17 bits per heavy atom. The zero-order valence-corrected chi connectivity index (χ0v) is 18.0. The van der Waals surface area contributed by atoms with Crippen molar-refractivity contribution in [3.8, 4) is 5.75 Å². The molecule has 0 amide bonds. The summed E-state index contributed by atoms with van der Waals surface area (Å²) in [6, 6.07) is 6.63. The fourth-order valence-electron chi connectivity index (χ4n) is 3.91. The van der Waals surface area contributed by atoms with Gasteiger partial charge in [0.1, 0.15) is 5.75 Å². The second-order valence-corrected chi connectivity index (χ2v) is 8.24. The van der Waals surface area contributed by atoms with E-state index in [1.165, 1.54) is 12.1 Å². The van der Waals surface area contributed by atoms with Crippen LogP contribution in [0, 0.1) is 6.92 Å². The predicted octanol–water partition coefficient (Wildman–Crippen LogP) is 3.98. The van der Waals surface area contributed by atoms with Gasteiger partial charge in [-0.3, -0.25) is 0 Å². The van der Waals surface area contributed by atoms with Crippen molar-refractivity contribution in [2.24, 2.45) is 0 Å². The Morgan fingerprint density at radius 1 is 1.24 bits per heavy atom. The van der Waals surface area contributed by atoms with Crippen LogP contribution in [0.1, 0.15) is 37.6 Å². The van der Waals surface area contributed by atoms with Crippen LogP contribution in [0.3, 0.4) is 0 Å². The topological polar surface area (TPSA) is 63.2 Å². The summed E-state index contributed by atoms with van der Waals surface area (Å²) in [5, 5.41) is 6.91. The van der Waals surface area contributed by atoms with E-state index in [1.807, 2.05) is 30.6 Å². The number of benzene rings is 1. The normalized spacial score (nSPS) is 17.4. The van der Waals surface area contributed by atoms with Gasteiger partial charge in [-0.25, -0.2) is 15.0 Å². The van der Waals surface area contributed by atoms with E-state index in [9.17, 15) is 0 Å². The third-order valence-electron chi connectivity index (χ3n) is 5.47. The molecule has 0 radical (unpaired) electrons. The highest BCUT2D eigenvalue weighted by Crippen LogP contribution is 2.25. The van der Waals surface area contributed by atoms with Crippen LogP contribution in [0.15, 0.2) is 29.1 Å². The molecule has 0 aliphatic carbocycles. The number of hydrogen-bond donors (Lipinski definition) is 1. The standard InChI is InChI=1S/C22H29N5OS/c1-3-28-19-6-7-21-20(13-19)16(2)25-22(26-21)27-11-4-5-17(9-12-27)23-10-8-18-14-29-15-24-18/h6-7,13-15,17,23H,3-5,8-12H2,1-2H3. The molecule has 3 heterocycles. The van der Waals surface area contributed by atoms with Crippen molar-refractivity contribution in [3.63, 3.8) is 0 Å². The number of fused-ring (bicyclic) bond motifs is 1. The van der Waals surface area contributed by atoms with E-state index < -0.39 is 0 Å². The van der Waals surface area contributed by atoms with E-state index in [4.69, 9.17) is 14.7 Å². The minimum absolute atomic E-state index is 0.550. The van der Waals surface area contributed by atoms with Gasteiger partial charge in [-0.2, -0.15) is 0 Å². The minimum Gasteiger partial charge on any atom is -0.494 e. The van der Waals surface area contributed by atoms with E-state index in [-0.39, 0.29) is 0 Å². The Labute approximate surface area is 176 Å². The molecule has 154 valence electrons. The lowest BCUT2D eigenvalue weighted by Gasteiger charge is -2.22. The Hall–Kier alpha value is -2.25. The van der Waals surface area contributed by atoms with Crippen molar-refractivity contribution < 1.29 is 4.74 Å². The summed E-state index contributed by atoms with van der Waals surface area (Å²) in [5.74, 6) is 1.73. The molecule has 6 nitrogen and oxygen atoms in total. The van der Waals surface area contributed by atoms with Gasteiger partial charge in [-0.05, 0) is 51.3 Å². The average Bonchev–Trinajstić information content (AvgIpc) is 3.13. The van der Waals surface area contributed by atoms with E-state index >= 15 is 0 Å². The van der Waals surface area contributed by atoms with Gasteiger partial charge >= 0.3 is 0 Å². The highest BCUT2D eigenvalue weighted by Gasteiger charge is 2.19. The molecule has 3 aromatic rings.